The highest BCUT2D eigenvalue weighted by Gasteiger charge is 2.24. The lowest BCUT2D eigenvalue weighted by Gasteiger charge is -2.22. The van der Waals surface area contributed by atoms with Crippen LogP contribution in [0, 0.1) is 6.92 Å². The number of rotatable bonds is 3. The van der Waals surface area contributed by atoms with E-state index in [-0.39, 0.29) is 6.61 Å². The number of nitrogens with zero attached hydrogens (tertiary/aromatic N) is 3. The van der Waals surface area contributed by atoms with E-state index in [1.54, 1.807) is 0 Å². The van der Waals surface area contributed by atoms with E-state index in [9.17, 15) is 5.11 Å². The number of hydrogen-bond donors (Lipinski definition) is 1. The van der Waals surface area contributed by atoms with Crippen molar-refractivity contribution >= 4 is 5.65 Å². The highest BCUT2D eigenvalue weighted by atomic mass is 16.3. The molecule has 0 spiro atoms. The molecule has 0 aromatic carbocycles. The number of imidazole rings is 1. The first-order valence-corrected chi connectivity index (χ1v) is 6.55. The number of aliphatic hydroxyl groups is 1. The molecule has 1 aliphatic heterocycles. The first kappa shape index (κ1) is 11.7. The molecule has 0 bridgehead atoms. The van der Waals surface area contributed by atoms with Crippen LogP contribution in [0.5, 0.6) is 0 Å². The van der Waals surface area contributed by atoms with E-state index in [1.165, 1.54) is 17.7 Å². The van der Waals surface area contributed by atoms with Gasteiger partial charge in [-0.1, -0.05) is 0 Å². The predicted molar refractivity (Wildman–Crippen MR) is 70.4 cm³/mol. The summed E-state index contributed by atoms with van der Waals surface area (Å²) >= 11 is 0. The summed E-state index contributed by atoms with van der Waals surface area (Å²) in [6.07, 6.45) is 6.31. The van der Waals surface area contributed by atoms with Gasteiger partial charge in [0.1, 0.15) is 5.65 Å². The van der Waals surface area contributed by atoms with Crippen LogP contribution in [-0.2, 0) is 6.54 Å². The summed E-state index contributed by atoms with van der Waals surface area (Å²) in [5.74, 6) is 0. The molecule has 0 unspecified atom stereocenters. The lowest BCUT2D eigenvalue weighted by Crippen LogP contribution is -2.32. The summed E-state index contributed by atoms with van der Waals surface area (Å²) in [4.78, 5) is 6.80. The van der Waals surface area contributed by atoms with E-state index in [0.717, 1.165) is 25.2 Å². The second-order valence-corrected chi connectivity index (χ2v) is 5.13. The number of fused-ring (bicyclic) bond motifs is 1. The lowest BCUT2D eigenvalue weighted by atomic mass is 10.2. The fraction of sp³-hybridized carbons (Fsp3) is 0.500. The van der Waals surface area contributed by atoms with Crippen molar-refractivity contribution in [3.05, 3.63) is 35.8 Å². The topological polar surface area (TPSA) is 40.8 Å². The van der Waals surface area contributed by atoms with E-state index >= 15 is 0 Å². The van der Waals surface area contributed by atoms with Crippen molar-refractivity contribution in [1.82, 2.24) is 14.3 Å². The van der Waals surface area contributed by atoms with Crippen LogP contribution in [0.4, 0.5) is 0 Å². The van der Waals surface area contributed by atoms with Crippen LogP contribution in [0.1, 0.15) is 24.1 Å². The third-order valence-corrected chi connectivity index (χ3v) is 3.82. The summed E-state index contributed by atoms with van der Waals surface area (Å²) < 4.78 is 2.14. The minimum absolute atomic E-state index is 0.260. The Balaban J connectivity index is 1.86. The Morgan fingerprint density at radius 2 is 2.39 bits per heavy atom. The fourth-order valence-corrected chi connectivity index (χ4v) is 2.77. The van der Waals surface area contributed by atoms with Crippen molar-refractivity contribution in [3.63, 3.8) is 0 Å². The molecule has 1 N–H and O–H groups in total. The molecule has 4 heteroatoms. The van der Waals surface area contributed by atoms with Gasteiger partial charge in [0.25, 0.3) is 0 Å². The number of aryl methyl sites for hydroxylation is 1. The van der Waals surface area contributed by atoms with Crippen LogP contribution >= 0.6 is 0 Å². The maximum absolute atomic E-state index is 9.35. The third kappa shape index (κ3) is 2.02. The van der Waals surface area contributed by atoms with Crippen molar-refractivity contribution < 1.29 is 5.11 Å². The quantitative estimate of drug-likeness (QED) is 0.893. The molecule has 1 atom stereocenters. The zero-order valence-corrected chi connectivity index (χ0v) is 10.7. The molecule has 1 saturated heterocycles. The van der Waals surface area contributed by atoms with Crippen molar-refractivity contribution in [2.45, 2.75) is 32.4 Å². The van der Waals surface area contributed by atoms with Gasteiger partial charge in [-0.3, -0.25) is 4.90 Å². The molecule has 0 amide bonds. The Morgan fingerprint density at radius 3 is 3.22 bits per heavy atom. The molecule has 18 heavy (non-hydrogen) atoms. The summed E-state index contributed by atoms with van der Waals surface area (Å²) in [5, 5.41) is 9.35. The van der Waals surface area contributed by atoms with Gasteiger partial charge in [-0.2, -0.15) is 0 Å². The number of pyridine rings is 1. The minimum Gasteiger partial charge on any atom is -0.395 e. The Kier molecular flexibility index (Phi) is 3.06. The van der Waals surface area contributed by atoms with Crippen LogP contribution in [0.25, 0.3) is 5.65 Å². The smallest absolute Gasteiger partial charge is 0.137 e. The molecule has 1 fully saturated rings. The molecule has 3 heterocycles. The van der Waals surface area contributed by atoms with Crippen LogP contribution in [0.15, 0.2) is 24.5 Å². The van der Waals surface area contributed by atoms with Crippen LogP contribution in [-0.4, -0.2) is 38.6 Å². The van der Waals surface area contributed by atoms with E-state index < -0.39 is 0 Å². The van der Waals surface area contributed by atoms with Crippen LogP contribution in [0.3, 0.4) is 0 Å². The standard InChI is InChI=1S/C14H19N3O/c1-11-4-6-17-13(8-15-14(17)7-11)9-16-5-2-3-12(16)10-18/h4,6-8,12,18H,2-3,5,9-10H2,1H3/t12-/m1/s1. The summed E-state index contributed by atoms with van der Waals surface area (Å²) in [6.45, 7) is 4.28. The van der Waals surface area contributed by atoms with Crippen molar-refractivity contribution in [2.24, 2.45) is 0 Å². The highest BCUT2D eigenvalue weighted by molar-refractivity contribution is 5.42. The van der Waals surface area contributed by atoms with Gasteiger partial charge in [0.15, 0.2) is 0 Å². The average molecular weight is 245 g/mol. The second kappa shape index (κ2) is 4.71. The first-order chi connectivity index (χ1) is 8.78. The third-order valence-electron chi connectivity index (χ3n) is 3.82. The molecule has 96 valence electrons. The minimum atomic E-state index is 0.260. The van der Waals surface area contributed by atoms with Gasteiger partial charge in [0.2, 0.25) is 0 Å². The average Bonchev–Trinajstić information content (AvgIpc) is 2.96. The van der Waals surface area contributed by atoms with Crippen LogP contribution in [0.2, 0.25) is 0 Å². The molecular weight excluding hydrogens is 226 g/mol. The largest absolute Gasteiger partial charge is 0.395 e. The maximum atomic E-state index is 9.35. The zero-order valence-electron chi connectivity index (χ0n) is 10.7. The van der Waals surface area contributed by atoms with Gasteiger partial charge in [0, 0.05) is 18.8 Å². The lowest BCUT2D eigenvalue weighted by molar-refractivity contribution is 0.152. The Morgan fingerprint density at radius 1 is 1.50 bits per heavy atom. The van der Waals surface area contributed by atoms with E-state index in [2.05, 4.69) is 39.5 Å². The van der Waals surface area contributed by atoms with E-state index in [4.69, 9.17) is 0 Å². The van der Waals surface area contributed by atoms with Gasteiger partial charge in [-0.15, -0.1) is 0 Å². The second-order valence-electron chi connectivity index (χ2n) is 5.13. The predicted octanol–water partition coefficient (Wildman–Crippen LogP) is 1.60. The molecule has 4 nitrogen and oxygen atoms in total. The number of aliphatic hydroxyl groups excluding tert-OH is 1. The Labute approximate surface area is 107 Å². The SMILES string of the molecule is Cc1ccn2c(CN3CCC[C@@H]3CO)cnc2c1. The van der Waals surface area contributed by atoms with Gasteiger partial charge in [-0.05, 0) is 44.0 Å². The van der Waals surface area contributed by atoms with E-state index in [1.807, 2.05) is 6.20 Å². The molecule has 0 aliphatic carbocycles. The summed E-state index contributed by atoms with van der Waals surface area (Å²) in [5.41, 5.74) is 3.43. The molecule has 0 saturated carbocycles. The van der Waals surface area contributed by atoms with Crippen molar-refractivity contribution in [2.75, 3.05) is 13.2 Å². The summed E-state index contributed by atoms with van der Waals surface area (Å²) in [7, 11) is 0. The number of likely N-dealkylation sites (tertiary alicyclic amines) is 1. The normalized spacial score (nSPS) is 20.9. The number of hydrogen-bond acceptors (Lipinski definition) is 3. The molecular formula is C14H19N3O. The molecule has 2 aromatic heterocycles. The Bertz CT molecular complexity index is 549. The van der Waals surface area contributed by atoms with Gasteiger partial charge in [0.05, 0.1) is 18.5 Å². The molecule has 1 aliphatic rings. The van der Waals surface area contributed by atoms with Crippen LogP contribution < -0.4 is 0 Å². The van der Waals surface area contributed by atoms with Crippen molar-refractivity contribution in [3.8, 4) is 0 Å². The van der Waals surface area contributed by atoms with Gasteiger partial charge in [-0.25, -0.2) is 4.98 Å². The molecule has 3 rings (SSSR count). The molecule has 0 radical (unpaired) electrons. The monoisotopic (exact) mass is 245 g/mol. The molecule has 2 aromatic rings. The Hall–Kier alpha value is -1.39. The van der Waals surface area contributed by atoms with Crippen molar-refractivity contribution in [1.29, 1.82) is 0 Å². The maximum Gasteiger partial charge on any atom is 0.137 e. The fourth-order valence-electron chi connectivity index (χ4n) is 2.77. The van der Waals surface area contributed by atoms with Gasteiger partial charge < -0.3 is 9.51 Å². The van der Waals surface area contributed by atoms with Gasteiger partial charge >= 0.3 is 0 Å². The number of aromatic nitrogens is 2. The zero-order chi connectivity index (χ0) is 12.5. The van der Waals surface area contributed by atoms with E-state index in [0.29, 0.717) is 6.04 Å². The highest BCUT2D eigenvalue weighted by Crippen LogP contribution is 2.20. The first-order valence-electron chi connectivity index (χ1n) is 6.55. The summed E-state index contributed by atoms with van der Waals surface area (Å²) in [6, 6.07) is 4.52.